The molecule has 2 aromatic heterocycles. The highest BCUT2D eigenvalue weighted by Crippen LogP contribution is 2.51. The number of carbonyl (C=O) groups is 1. The molecule has 1 saturated carbocycles. The van der Waals surface area contributed by atoms with Crippen molar-refractivity contribution in [3.05, 3.63) is 40.5 Å². The van der Waals surface area contributed by atoms with E-state index in [-0.39, 0.29) is 0 Å². The molecule has 5 nitrogen and oxygen atoms in total. The molecule has 2 aromatic rings. The lowest BCUT2D eigenvalue weighted by Gasteiger charge is -2.19. The van der Waals surface area contributed by atoms with E-state index in [0.29, 0.717) is 16.5 Å². The van der Waals surface area contributed by atoms with Crippen LogP contribution >= 0.6 is 11.3 Å². The summed E-state index contributed by atoms with van der Waals surface area (Å²) >= 11 is 1.40. The Morgan fingerprint density at radius 3 is 2.67 bits per heavy atom. The summed E-state index contributed by atoms with van der Waals surface area (Å²) in [5.74, 6) is 0.0344. The van der Waals surface area contributed by atoms with Crippen molar-refractivity contribution in [1.29, 1.82) is 0 Å². The number of primary amides is 1. The van der Waals surface area contributed by atoms with Crippen LogP contribution in [-0.4, -0.2) is 17.9 Å². The van der Waals surface area contributed by atoms with Gasteiger partial charge in [0.1, 0.15) is 4.88 Å². The molecule has 1 fully saturated rings. The van der Waals surface area contributed by atoms with E-state index in [1.165, 1.54) is 16.9 Å². The van der Waals surface area contributed by atoms with Crippen molar-refractivity contribution in [3.8, 4) is 0 Å². The normalized spacial score (nSPS) is 14.1. The van der Waals surface area contributed by atoms with Crippen LogP contribution in [0.1, 0.15) is 39.6 Å². The highest BCUT2D eigenvalue weighted by atomic mass is 32.1. The summed E-state index contributed by atoms with van der Waals surface area (Å²) in [7, 11) is 2.02. The second-order valence-electron chi connectivity index (χ2n) is 5.41. The van der Waals surface area contributed by atoms with Crippen molar-refractivity contribution in [3.63, 3.8) is 0 Å². The van der Waals surface area contributed by atoms with Gasteiger partial charge < -0.3 is 16.4 Å². The molecule has 110 valence electrons. The largest absolute Gasteiger partial charge is 0.397 e. The second kappa shape index (κ2) is 5.37. The van der Waals surface area contributed by atoms with Gasteiger partial charge in [-0.1, -0.05) is 0 Å². The standard InChI is InChI=1S/C15H18N4OS/c1-19(8-9-4-6-18-7-5-9)15-11(10-2-3-10)12(16)13(21-15)14(17)20/h4-7,10H,2-3,8,16H2,1H3,(H2,17,20). The molecular weight excluding hydrogens is 284 g/mol. The summed E-state index contributed by atoms with van der Waals surface area (Å²) in [6, 6.07) is 3.97. The van der Waals surface area contributed by atoms with Gasteiger partial charge in [0.15, 0.2) is 0 Å². The van der Waals surface area contributed by atoms with Gasteiger partial charge in [-0.15, -0.1) is 11.3 Å². The maximum absolute atomic E-state index is 11.5. The van der Waals surface area contributed by atoms with Crippen LogP contribution in [0.5, 0.6) is 0 Å². The highest BCUT2D eigenvalue weighted by molar-refractivity contribution is 7.18. The first-order valence-corrected chi connectivity index (χ1v) is 7.71. The maximum Gasteiger partial charge on any atom is 0.260 e. The molecule has 0 bridgehead atoms. The predicted octanol–water partition coefficient (Wildman–Crippen LogP) is 2.34. The van der Waals surface area contributed by atoms with Gasteiger partial charge in [0.05, 0.1) is 10.7 Å². The van der Waals surface area contributed by atoms with E-state index in [1.54, 1.807) is 12.4 Å². The number of carbonyl (C=O) groups excluding carboxylic acids is 1. The van der Waals surface area contributed by atoms with Crippen molar-refractivity contribution in [2.24, 2.45) is 5.73 Å². The molecule has 1 aliphatic rings. The number of nitrogen functional groups attached to an aromatic ring is 1. The summed E-state index contributed by atoms with van der Waals surface area (Å²) in [6.45, 7) is 0.750. The average molecular weight is 302 g/mol. The zero-order chi connectivity index (χ0) is 15.0. The van der Waals surface area contributed by atoms with Crippen molar-refractivity contribution in [1.82, 2.24) is 4.98 Å². The lowest BCUT2D eigenvalue weighted by molar-refractivity contribution is 0.100. The van der Waals surface area contributed by atoms with E-state index in [4.69, 9.17) is 11.5 Å². The fourth-order valence-electron chi connectivity index (χ4n) is 2.51. The third-order valence-corrected chi connectivity index (χ3v) is 5.04. The first-order valence-electron chi connectivity index (χ1n) is 6.90. The fraction of sp³-hybridized carbons (Fsp3) is 0.333. The van der Waals surface area contributed by atoms with Crippen molar-refractivity contribution >= 4 is 27.9 Å². The fourth-order valence-corrected chi connectivity index (χ4v) is 3.63. The van der Waals surface area contributed by atoms with Crippen LogP contribution in [0, 0.1) is 0 Å². The molecule has 3 rings (SSSR count). The number of hydrogen-bond donors (Lipinski definition) is 2. The number of amides is 1. The van der Waals surface area contributed by atoms with Crippen LogP contribution in [0.15, 0.2) is 24.5 Å². The molecule has 1 amide bonds. The monoisotopic (exact) mass is 302 g/mol. The molecule has 0 aliphatic heterocycles. The summed E-state index contributed by atoms with van der Waals surface area (Å²) in [5, 5.41) is 1.06. The van der Waals surface area contributed by atoms with E-state index in [0.717, 1.165) is 30.0 Å². The van der Waals surface area contributed by atoms with E-state index >= 15 is 0 Å². The molecule has 21 heavy (non-hydrogen) atoms. The Morgan fingerprint density at radius 2 is 2.10 bits per heavy atom. The van der Waals surface area contributed by atoms with E-state index in [9.17, 15) is 4.79 Å². The first kappa shape index (κ1) is 13.9. The van der Waals surface area contributed by atoms with E-state index in [1.807, 2.05) is 19.2 Å². The van der Waals surface area contributed by atoms with Crippen LogP contribution in [0.3, 0.4) is 0 Å². The Bertz CT molecular complexity index is 664. The minimum absolute atomic E-state index is 0.442. The molecular formula is C15H18N4OS. The number of rotatable bonds is 5. The molecule has 0 atom stereocenters. The summed E-state index contributed by atoms with van der Waals surface area (Å²) in [6.07, 6.45) is 5.83. The van der Waals surface area contributed by atoms with Gasteiger partial charge in [-0.05, 0) is 36.5 Å². The van der Waals surface area contributed by atoms with Crippen LogP contribution in [0.25, 0.3) is 0 Å². The summed E-state index contributed by atoms with van der Waals surface area (Å²) < 4.78 is 0. The van der Waals surface area contributed by atoms with Crippen molar-refractivity contribution in [2.45, 2.75) is 25.3 Å². The van der Waals surface area contributed by atoms with Gasteiger partial charge in [0.25, 0.3) is 5.91 Å². The van der Waals surface area contributed by atoms with Gasteiger partial charge in [-0.3, -0.25) is 9.78 Å². The zero-order valence-electron chi connectivity index (χ0n) is 11.9. The van der Waals surface area contributed by atoms with E-state index in [2.05, 4.69) is 9.88 Å². The molecule has 0 saturated heterocycles. The summed E-state index contributed by atoms with van der Waals surface area (Å²) in [4.78, 5) is 18.2. The van der Waals surface area contributed by atoms with Crippen molar-refractivity contribution in [2.75, 3.05) is 17.7 Å². The Balaban J connectivity index is 1.93. The third kappa shape index (κ3) is 2.71. The number of pyridine rings is 1. The lowest BCUT2D eigenvalue weighted by Crippen LogP contribution is -2.16. The highest BCUT2D eigenvalue weighted by Gasteiger charge is 2.33. The lowest BCUT2D eigenvalue weighted by atomic mass is 10.1. The van der Waals surface area contributed by atoms with Crippen LogP contribution < -0.4 is 16.4 Å². The van der Waals surface area contributed by atoms with Gasteiger partial charge in [-0.25, -0.2) is 0 Å². The minimum atomic E-state index is -0.442. The molecule has 0 radical (unpaired) electrons. The predicted molar refractivity (Wildman–Crippen MR) is 85.6 cm³/mol. The Labute approximate surface area is 127 Å². The molecule has 0 unspecified atom stereocenters. The van der Waals surface area contributed by atoms with Crippen LogP contribution in [0.2, 0.25) is 0 Å². The average Bonchev–Trinajstić information content (AvgIpc) is 3.22. The molecule has 2 heterocycles. The van der Waals surface area contributed by atoms with Gasteiger partial charge in [-0.2, -0.15) is 0 Å². The zero-order valence-corrected chi connectivity index (χ0v) is 12.7. The molecule has 0 spiro atoms. The number of hydrogen-bond acceptors (Lipinski definition) is 5. The van der Waals surface area contributed by atoms with Gasteiger partial charge in [0.2, 0.25) is 0 Å². The van der Waals surface area contributed by atoms with E-state index < -0.39 is 5.91 Å². The van der Waals surface area contributed by atoms with Crippen LogP contribution in [-0.2, 0) is 6.54 Å². The number of nitrogens with two attached hydrogens (primary N) is 2. The van der Waals surface area contributed by atoms with Crippen LogP contribution in [0.4, 0.5) is 10.7 Å². The Hall–Kier alpha value is -2.08. The number of aromatic nitrogens is 1. The van der Waals surface area contributed by atoms with Crippen molar-refractivity contribution < 1.29 is 4.79 Å². The number of nitrogens with zero attached hydrogens (tertiary/aromatic N) is 2. The SMILES string of the molecule is CN(Cc1ccncc1)c1sc(C(N)=O)c(N)c1C1CC1. The third-order valence-electron chi connectivity index (χ3n) is 3.69. The Kier molecular flexibility index (Phi) is 3.55. The van der Waals surface area contributed by atoms with Gasteiger partial charge in [0, 0.05) is 31.5 Å². The quantitative estimate of drug-likeness (QED) is 0.887. The first-order chi connectivity index (χ1) is 10.1. The smallest absolute Gasteiger partial charge is 0.260 e. The summed E-state index contributed by atoms with van der Waals surface area (Å²) in [5.41, 5.74) is 14.4. The molecule has 6 heteroatoms. The maximum atomic E-state index is 11.5. The second-order valence-corrected chi connectivity index (χ2v) is 6.41. The van der Waals surface area contributed by atoms with Gasteiger partial charge >= 0.3 is 0 Å². The minimum Gasteiger partial charge on any atom is -0.397 e. The number of thiophene rings is 1. The molecule has 4 N–H and O–H groups in total. The Morgan fingerprint density at radius 1 is 1.43 bits per heavy atom. The molecule has 0 aromatic carbocycles. The topological polar surface area (TPSA) is 85.2 Å². The molecule has 1 aliphatic carbocycles. The number of anilines is 2.